The van der Waals surface area contributed by atoms with Gasteiger partial charge in [-0.2, -0.15) is 0 Å². The summed E-state index contributed by atoms with van der Waals surface area (Å²) in [4.78, 5) is 11.9. The molecule has 0 saturated heterocycles. The first-order valence-electron chi connectivity index (χ1n) is 5.52. The van der Waals surface area contributed by atoms with Gasteiger partial charge in [0.25, 0.3) is 5.91 Å². The minimum absolute atomic E-state index is 0.0590. The number of fused-ring (bicyclic) bond motifs is 1. The molecule has 4 nitrogen and oxygen atoms in total. The Balaban J connectivity index is 2.30. The maximum Gasteiger partial charge on any atom is 0.267 e. The van der Waals surface area contributed by atoms with Gasteiger partial charge >= 0.3 is 0 Å². The van der Waals surface area contributed by atoms with Crippen LogP contribution >= 0.6 is 0 Å². The van der Waals surface area contributed by atoms with E-state index in [1.807, 2.05) is 12.1 Å². The van der Waals surface area contributed by atoms with Crippen molar-refractivity contribution in [1.82, 2.24) is 10.4 Å². The number of amides is 1. The van der Waals surface area contributed by atoms with Gasteiger partial charge in [-0.05, 0) is 24.5 Å². The molecule has 1 aromatic carbocycles. The van der Waals surface area contributed by atoms with Crippen molar-refractivity contribution in [2.45, 2.75) is 12.8 Å². The predicted molar refractivity (Wildman–Crippen MR) is 64.4 cm³/mol. The summed E-state index contributed by atoms with van der Waals surface area (Å²) in [7, 11) is 3.61. The van der Waals surface area contributed by atoms with Crippen molar-refractivity contribution in [1.29, 1.82) is 0 Å². The van der Waals surface area contributed by atoms with Crippen LogP contribution in [0.25, 0.3) is 0 Å². The number of benzene rings is 1. The third-order valence-electron chi connectivity index (χ3n) is 2.65. The van der Waals surface area contributed by atoms with Crippen LogP contribution in [-0.2, 0) is 6.42 Å². The van der Waals surface area contributed by atoms with Crippen molar-refractivity contribution in [2.24, 2.45) is 0 Å². The van der Waals surface area contributed by atoms with Crippen LogP contribution in [0.4, 0.5) is 5.69 Å². The number of nitrogens with one attached hydrogen (secondary N) is 2. The monoisotopic (exact) mass is 219 g/mol. The van der Waals surface area contributed by atoms with E-state index in [9.17, 15) is 4.79 Å². The van der Waals surface area contributed by atoms with Crippen LogP contribution in [0.5, 0.6) is 0 Å². The van der Waals surface area contributed by atoms with Crippen molar-refractivity contribution in [2.75, 3.05) is 26.0 Å². The van der Waals surface area contributed by atoms with E-state index in [1.165, 1.54) is 5.56 Å². The lowest BCUT2D eigenvalue weighted by Crippen LogP contribution is -2.36. The van der Waals surface area contributed by atoms with Crippen LogP contribution < -0.4 is 10.7 Å². The molecule has 0 fully saturated rings. The average Bonchev–Trinajstić information content (AvgIpc) is 2.27. The highest BCUT2D eigenvalue weighted by Gasteiger charge is 2.17. The topological polar surface area (TPSA) is 44.4 Å². The lowest BCUT2D eigenvalue weighted by atomic mass is 9.99. The van der Waals surface area contributed by atoms with E-state index < -0.39 is 0 Å². The fourth-order valence-electron chi connectivity index (χ4n) is 1.96. The third-order valence-corrected chi connectivity index (χ3v) is 2.65. The van der Waals surface area contributed by atoms with Gasteiger partial charge < -0.3 is 5.32 Å². The maximum absolute atomic E-state index is 11.9. The molecule has 2 N–H and O–H groups in total. The van der Waals surface area contributed by atoms with Crippen LogP contribution in [0.3, 0.4) is 0 Å². The van der Waals surface area contributed by atoms with Crippen molar-refractivity contribution in [3.05, 3.63) is 29.3 Å². The first-order valence-corrected chi connectivity index (χ1v) is 5.52. The Morgan fingerprint density at radius 1 is 1.44 bits per heavy atom. The molecule has 0 saturated carbocycles. The molecule has 1 heterocycles. The quantitative estimate of drug-likeness (QED) is 0.736. The van der Waals surface area contributed by atoms with Gasteiger partial charge in [-0.25, -0.2) is 5.01 Å². The fraction of sp³-hybridized carbons (Fsp3) is 0.417. The van der Waals surface area contributed by atoms with Crippen molar-refractivity contribution in [3.63, 3.8) is 0 Å². The van der Waals surface area contributed by atoms with Crippen molar-refractivity contribution >= 4 is 11.6 Å². The predicted octanol–water partition coefficient (Wildman–Crippen LogP) is 1.25. The lowest BCUT2D eigenvalue weighted by molar-refractivity contribution is 0.0857. The molecule has 1 aromatic rings. The molecule has 16 heavy (non-hydrogen) atoms. The van der Waals surface area contributed by atoms with Crippen LogP contribution in [0.1, 0.15) is 22.3 Å². The van der Waals surface area contributed by atoms with Crippen molar-refractivity contribution in [3.8, 4) is 0 Å². The molecule has 0 aliphatic carbocycles. The zero-order chi connectivity index (χ0) is 11.5. The summed E-state index contributed by atoms with van der Waals surface area (Å²) >= 11 is 0. The van der Waals surface area contributed by atoms with Gasteiger partial charge in [0.15, 0.2) is 0 Å². The largest absolute Gasteiger partial charge is 0.384 e. The second-order valence-corrected chi connectivity index (χ2v) is 4.21. The second kappa shape index (κ2) is 4.53. The number of hydrogen-bond acceptors (Lipinski definition) is 3. The Morgan fingerprint density at radius 2 is 2.25 bits per heavy atom. The number of carbonyl (C=O) groups is 1. The number of hydrazine groups is 1. The van der Waals surface area contributed by atoms with Gasteiger partial charge in [0.05, 0.1) is 11.3 Å². The van der Waals surface area contributed by atoms with Gasteiger partial charge in [0.2, 0.25) is 0 Å². The van der Waals surface area contributed by atoms with E-state index in [0.29, 0.717) is 0 Å². The number of aryl methyl sites for hydroxylation is 1. The third kappa shape index (κ3) is 2.17. The van der Waals surface area contributed by atoms with Gasteiger partial charge in [-0.3, -0.25) is 10.2 Å². The van der Waals surface area contributed by atoms with E-state index >= 15 is 0 Å². The molecule has 1 aliphatic heterocycles. The Hall–Kier alpha value is -1.55. The van der Waals surface area contributed by atoms with Crippen molar-refractivity contribution < 1.29 is 4.79 Å². The molecule has 0 bridgehead atoms. The van der Waals surface area contributed by atoms with E-state index in [-0.39, 0.29) is 5.91 Å². The van der Waals surface area contributed by atoms with Gasteiger partial charge in [0.1, 0.15) is 0 Å². The summed E-state index contributed by atoms with van der Waals surface area (Å²) in [5.74, 6) is -0.0590. The van der Waals surface area contributed by atoms with E-state index in [1.54, 1.807) is 19.1 Å². The Kier molecular flexibility index (Phi) is 3.10. The normalized spacial score (nSPS) is 14.2. The summed E-state index contributed by atoms with van der Waals surface area (Å²) in [6.45, 7) is 0.944. The van der Waals surface area contributed by atoms with Crippen LogP contribution in [0.2, 0.25) is 0 Å². The fourth-order valence-corrected chi connectivity index (χ4v) is 1.96. The van der Waals surface area contributed by atoms with E-state index in [4.69, 9.17) is 0 Å². The molecule has 1 aliphatic rings. The highest BCUT2D eigenvalue weighted by Crippen LogP contribution is 2.25. The number of nitrogens with zero attached hydrogens (tertiary/aromatic N) is 1. The standard InChI is InChI=1S/C12H17N3O/c1-15(2)14-12(16)10-7-3-5-9-6-4-8-13-11(9)10/h3,5,7,13H,4,6,8H2,1-2H3,(H,14,16). The van der Waals surface area contributed by atoms with Crippen LogP contribution in [-0.4, -0.2) is 31.6 Å². The highest BCUT2D eigenvalue weighted by atomic mass is 16.2. The maximum atomic E-state index is 11.9. The summed E-state index contributed by atoms with van der Waals surface area (Å²) < 4.78 is 0. The molecule has 0 radical (unpaired) electrons. The second-order valence-electron chi connectivity index (χ2n) is 4.21. The molecular weight excluding hydrogens is 202 g/mol. The molecular formula is C12H17N3O. The first-order chi connectivity index (χ1) is 7.68. The van der Waals surface area contributed by atoms with Gasteiger partial charge in [-0.1, -0.05) is 12.1 Å². The Bertz CT molecular complexity index is 401. The first kappa shape index (κ1) is 11.0. The summed E-state index contributed by atoms with van der Waals surface area (Å²) in [5.41, 5.74) is 5.72. The minimum atomic E-state index is -0.0590. The number of hydrogen-bond donors (Lipinski definition) is 2. The lowest BCUT2D eigenvalue weighted by Gasteiger charge is -2.21. The Morgan fingerprint density at radius 3 is 3.00 bits per heavy atom. The smallest absolute Gasteiger partial charge is 0.267 e. The zero-order valence-corrected chi connectivity index (χ0v) is 9.71. The highest BCUT2D eigenvalue weighted by molar-refractivity contribution is 6.00. The van der Waals surface area contributed by atoms with Gasteiger partial charge in [-0.15, -0.1) is 0 Å². The number of rotatable bonds is 2. The summed E-state index contributed by atoms with van der Waals surface area (Å²) in [6, 6.07) is 5.88. The van der Waals surface area contributed by atoms with Crippen LogP contribution in [0, 0.1) is 0 Å². The molecule has 0 atom stereocenters. The van der Waals surface area contributed by atoms with Crippen LogP contribution in [0.15, 0.2) is 18.2 Å². The summed E-state index contributed by atoms with van der Waals surface area (Å²) in [5, 5.41) is 4.96. The SMILES string of the molecule is CN(C)NC(=O)c1cccc2c1NCCC2. The molecule has 0 unspecified atom stereocenters. The molecule has 1 amide bonds. The summed E-state index contributed by atoms with van der Waals surface area (Å²) in [6.07, 6.45) is 2.18. The minimum Gasteiger partial charge on any atom is -0.384 e. The molecule has 0 spiro atoms. The van der Waals surface area contributed by atoms with Gasteiger partial charge in [0, 0.05) is 20.6 Å². The Labute approximate surface area is 95.6 Å². The molecule has 86 valence electrons. The van der Waals surface area contributed by atoms with E-state index in [0.717, 1.165) is 30.6 Å². The number of anilines is 1. The molecule has 4 heteroatoms. The average molecular weight is 219 g/mol. The molecule has 2 rings (SSSR count). The zero-order valence-electron chi connectivity index (χ0n) is 9.71. The number of para-hydroxylation sites is 1. The van der Waals surface area contributed by atoms with E-state index in [2.05, 4.69) is 16.8 Å². The molecule has 0 aromatic heterocycles. The number of carbonyl (C=O) groups excluding carboxylic acids is 1.